The molecule has 0 aliphatic rings. The van der Waals surface area contributed by atoms with E-state index in [1.165, 1.54) is 0 Å². The minimum atomic E-state index is -0.479. The molecule has 0 aliphatic heterocycles. The van der Waals surface area contributed by atoms with Gasteiger partial charge < -0.3 is 15.4 Å². The number of methoxy groups -OCH3 is 1. The van der Waals surface area contributed by atoms with Crippen LogP contribution in [0.3, 0.4) is 0 Å². The summed E-state index contributed by atoms with van der Waals surface area (Å²) in [4.78, 5) is 11.9. The Bertz CT molecular complexity index is 691. The molecular weight excluding hydrogens is 292 g/mol. The molecule has 0 radical (unpaired) electrons. The monoisotopic (exact) mass is 314 g/mol. The quantitative estimate of drug-likeness (QED) is 0.903. The van der Waals surface area contributed by atoms with Crippen LogP contribution in [0.2, 0.25) is 0 Å². The van der Waals surface area contributed by atoms with Crippen LogP contribution in [0.15, 0.2) is 30.3 Å². The number of aromatic nitrogens is 2. The molecule has 0 spiro atoms. The molecule has 1 aromatic heterocycles. The second-order valence-electron chi connectivity index (χ2n) is 6.34. The minimum absolute atomic E-state index is 0.104. The normalized spacial score (nSPS) is 11.0. The number of hydrogen-bond donors (Lipinski definition) is 2. The Morgan fingerprint density at radius 2 is 1.74 bits per heavy atom. The summed E-state index contributed by atoms with van der Waals surface area (Å²) in [6.07, 6.45) is 0. The average molecular weight is 314 g/mol. The van der Waals surface area contributed by atoms with Gasteiger partial charge in [-0.2, -0.15) is 0 Å². The number of amides is 1. The lowest BCUT2D eigenvalue weighted by Gasteiger charge is -2.17. The van der Waals surface area contributed by atoms with Gasteiger partial charge in [-0.3, -0.25) is 4.79 Å². The Hall–Kier alpha value is -2.63. The number of carbonyl (C=O) groups is 1. The number of hydrogen-bond acceptors (Lipinski definition) is 5. The third-order valence-corrected chi connectivity index (χ3v) is 3.21. The van der Waals surface area contributed by atoms with Crippen molar-refractivity contribution in [3.8, 4) is 5.75 Å². The highest BCUT2D eigenvalue weighted by atomic mass is 16.5. The molecule has 0 unspecified atom stereocenters. The van der Waals surface area contributed by atoms with Crippen LogP contribution in [-0.2, 0) is 4.79 Å². The first kappa shape index (κ1) is 16.7. The average Bonchev–Trinajstić information content (AvgIpc) is 2.48. The zero-order valence-electron chi connectivity index (χ0n) is 14.1. The summed E-state index contributed by atoms with van der Waals surface area (Å²) in [5.74, 6) is 1.62. The number of ether oxygens (including phenoxy) is 1. The lowest BCUT2D eigenvalue weighted by molar-refractivity contribution is -0.123. The number of nitrogens with one attached hydrogen (secondary N) is 2. The first-order valence-electron chi connectivity index (χ1n) is 7.36. The van der Waals surface area contributed by atoms with E-state index in [2.05, 4.69) is 20.8 Å². The lowest BCUT2D eigenvalue weighted by atomic mass is 9.96. The summed E-state index contributed by atoms with van der Waals surface area (Å²) in [7, 11) is 1.62. The fourth-order valence-electron chi connectivity index (χ4n) is 1.83. The van der Waals surface area contributed by atoms with Gasteiger partial charge in [0.15, 0.2) is 11.6 Å². The highest BCUT2D eigenvalue weighted by Crippen LogP contribution is 2.27. The number of aryl methyl sites for hydroxylation is 1. The third kappa shape index (κ3) is 4.42. The molecule has 0 atom stereocenters. The van der Waals surface area contributed by atoms with Gasteiger partial charge in [-0.1, -0.05) is 26.8 Å². The zero-order chi connectivity index (χ0) is 17.0. The van der Waals surface area contributed by atoms with Crippen LogP contribution in [0.4, 0.5) is 17.3 Å². The van der Waals surface area contributed by atoms with E-state index in [0.717, 1.165) is 17.0 Å². The number of carbonyl (C=O) groups excluding carboxylic acids is 1. The Morgan fingerprint density at radius 3 is 2.30 bits per heavy atom. The highest BCUT2D eigenvalue weighted by molar-refractivity contribution is 5.93. The molecule has 2 N–H and O–H groups in total. The van der Waals surface area contributed by atoms with Gasteiger partial charge in [0.2, 0.25) is 5.91 Å². The Kier molecular flexibility index (Phi) is 4.83. The maximum absolute atomic E-state index is 11.9. The van der Waals surface area contributed by atoms with E-state index in [4.69, 9.17) is 4.74 Å². The second kappa shape index (κ2) is 6.64. The van der Waals surface area contributed by atoms with Gasteiger partial charge in [0, 0.05) is 5.41 Å². The molecule has 0 saturated carbocycles. The lowest BCUT2D eigenvalue weighted by Crippen LogP contribution is -2.28. The van der Waals surface area contributed by atoms with E-state index in [-0.39, 0.29) is 5.91 Å². The summed E-state index contributed by atoms with van der Waals surface area (Å²) in [5.41, 5.74) is 1.44. The molecule has 1 aromatic carbocycles. The van der Waals surface area contributed by atoms with Gasteiger partial charge in [0.05, 0.1) is 12.8 Å². The van der Waals surface area contributed by atoms with Crippen LogP contribution in [0, 0.1) is 12.3 Å². The van der Waals surface area contributed by atoms with Crippen LogP contribution < -0.4 is 15.4 Å². The first-order chi connectivity index (χ1) is 10.8. The highest BCUT2D eigenvalue weighted by Gasteiger charge is 2.21. The van der Waals surface area contributed by atoms with Crippen molar-refractivity contribution in [2.75, 3.05) is 17.7 Å². The molecule has 0 bridgehead atoms. The molecule has 6 nitrogen and oxygen atoms in total. The number of nitrogens with zero attached hydrogens (tertiary/aromatic N) is 2. The largest absolute Gasteiger partial charge is 0.495 e. The summed E-state index contributed by atoms with van der Waals surface area (Å²) < 4.78 is 5.32. The molecule has 2 aromatic rings. The summed E-state index contributed by atoms with van der Waals surface area (Å²) in [6, 6.07) is 9.30. The Balaban J connectivity index is 2.12. The minimum Gasteiger partial charge on any atom is -0.495 e. The molecule has 0 saturated heterocycles. The number of benzene rings is 1. The standard InChI is InChI=1S/C17H22N4O2/c1-11-6-7-13(23-5)12(10-11)18-14-8-9-15(21-20-14)19-16(22)17(2,3)4/h6-10H,1-5H3,(H,18,20)(H,19,21,22). The van der Waals surface area contributed by atoms with Crippen molar-refractivity contribution < 1.29 is 9.53 Å². The van der Waals surface area contributed by atoms with E-state index in [0.29, 0.717) is 11.6 Å². The molecule has 1 heterocycles. The SMILES string of the molecule is COc1ccc(C)cc1Nc1ccc(NC(=O)C(C)(C)C)nn1. The summed E-state index contributed by atoms with van der Waals surface area (Å²) in [6.45, 7) is 7.53. The fraction of sp³-hybridized carbons (Fsp3) is 0.353. The first-order valence-corrected chi connectivity index (χ1v) is 7.36. The van der Waals surface area contributed by atoms with Crippen molar-refractivity contribution in [3.63, 3.8) is 0 Å². The van der Waals surface area contributed by atoms with Gasteiger partial charge in [0.25, 0.3) is 0 Å². The van der Waals surface area contributed by atoms with E-state index in [9.17, 15) is 4.79 Å². The van der Waals surface area contributed by atoms with Crippen molar-refractivity contribution in [3.05, 3.63) is 35.9 Å². The van der Waals surface area contributed by atoms with Crippen molar-refractivity contribution in [2.24, 2.45) is 5.41 Å². The number of rotatable bonds is 4. The molecule has 122 valence electrons. The van der Waals surface area contributed by atoms with Gasteiger partial charge in [-0.05, 0) is 36.8 Å². The van der Waals surface area contributed by atoms with Crippen LogP contribution in [0.25, 0.3) is 0 Å². The predicted molar refractivity (Wildman–Crippen MR) is 91.1 cm³/mol. The van der Waals surface area contributed by atoms with Crippen molar-refractivity contribution >= 4 is 23.2 Å². The molecule has 2 rings (SSSR count). The predicted octanol–water partition coefficient (Wildman–Crippen LogP) is 3.52. The number of anilines is 3. The van der Waals surface area contributed by atoms with E-state index >= 15 is 0 Å². The van der Waals surface area contributed by atoms with Crippen LogP contribution in [-0.4, -0.2) is 23.2 Å². The molecular formula is C17H22N4O2. The van der Waals surface area contributed by atoms with Crippen molar-refractivity contribution in [2.45, 2.75) is 27.7 Å². The van der Waals surface area contributed by atoms with Crippen LogP contribution in [0.1, 0.15) is 26.3 Å². The molecule has 0 aliphatic carbocycles. The van der Waals surface area contributed by atoms with Crippen LogP contribution >= 0.6 is 0 Å². The third-order valence-electron chi connectivity index (χ3n) is 3.21. The van der Waals surface area contributed by atoms with Crippen molar-refractivity contribution in [1.82, 2.24) is 10.2 Å². The Morgan fingerprint density at radius 1 is 1.09 bits per heavy atom. The van der Waals surface area contributed by atoms with E-state index < -0.39 is 5.41 Å². The van der Waals surface area contributed by atoms with E-state index in [1.807, 2.05) is 45.9 Å². The molecule has 23 heavy (non-hydrogen) atoms. The Labute approximate surface area is 136 Å². The van der Waals surface area contributed by atoms with Crippen LogP contribution in [0.5, 0.6) is 5.75 Å². The maximum atomic E-state index is 11.9. The molecule has 6 heteroatoms. The van der Waals surface area contributed by atoms with Gasteiger partial charge in [0.1, 0.15) is 5.75 Å². The molecule has 0 fully saturated rings. The van der Waals surface area contributed by atoms with E-state index in [1.54, 1.807) is 19.2 Å². The summed E-state index contributed by atoms with van der Waals surface area (Å²) >= 11 is 0. The second-order valence-corrected chi connectivity index (χ2v) is 6.34. The van der Waals surface area contributed by atoms with Gasteiger partial charge >= 0.3 is 0 Å². The smallest absolute Gasteiger partial charge is 0.230 e. The fourth-order valence-corrected chi connectivity index (χ4v) is 1.83. The van der Waals surface area contributed by atoms with Gasteiger partial charge in [-0.15, -0.1) is 10.2 Å². The zero-order valence-corrected chi connectivity index (χ0v) is 14.1. The van der Waals surface area contributed by atoms with Gasteiger partial charge in [-0.25, -0.2) is 0 Å². The topological polar surface area (TPSA) is 76.1 Å². The summed E-state index contributed by atoms with van der Waals surface area (Å²) in [5, 5.41) is 14.0. The van der Waals surface area contributed by atoms with Crippen molar-refractivity contribution in [1.29, 1.82) is 0 Å². The maximum Gasteiger partial charge on any atom is 0.230 e. The molecule has 1 amide bonds.